The zero-order valence-electron chi connectivity index (χ0n) is 17.6. The van der Waals surface area contributed by atoms with E-state index in [4.69, 9.17) is 0 Å². The second-order valence-electron chi connectivity index (χ2n) is 7.39. The molecule has 0 spiro atoms. The Hall–Kier alpha value is -3.04. The molecule has 31 heavy (non-hydrogen) atoms. The molecule has 4 rings (SSSR count). The lowest BCUT2D eigenvalue weighted by Gasteiger charge is -2.19. The fourth-order valence-corrected chi connectivity index (χ4v) is 4.60. The monoisotopic (exact) mass is 435 g/mol. The number of hydrogen-bond donors (Lipinski definition) is 2. The van der Waals surface area contributed by atoms with E-state index < -0.39 is 0 Å². The van der Waals surface area contributed by atoms with Gasteiger partial charge in [0.05, 0.1) is 11.9 Å². The summed E-state index contributed by atoms with van der Waals surface area (Å²) in [4.78, 5) is 15.9. The number of nitrogens with zero attached hydrogens (tertiary/aromatic N) is 5. The van der Waals surface area contributed by atoms with Crippen LogP contribution < -0.4 is 5.43 Å². The Morgan fingerprint density at radius 3 is 2.61 bits per heavy atom. The summed E-state index contributed by atoms with van der Waals surface area (Å²) >= 11 is 1.69. The van der Waals surface area contributed by atoms with Crippen molar-refractivity contribution in [2.45, 2.75) is 38.6 Å². The van der Waals surface area contributed by atoms with Crippen LogP contribution in [0.2, 0.25) is 0 Å². The third-order valence-electron chi connectivity index (χ3n) is 4.89. The first-order valence-corrected chi connectivity index (χ1v) is 11.2. The van der Waals surface area contributed by atoms with Crippen LogP contribution in [0.25, 0.3) is 22.5 Å². The summed E-state index contributed by atoms with van der Waals surface area (Å²) in [7, 11) is 0. The molecule has 0 radical (unpaired) electrons. The van der Waals surface area contributed by atoms with Crippen LogP contribution in [0, 0.1) is 0 Å². The number of carbonyl (C=O) groups excluding carboxylic acids is 1. The number of Topliss-reactive ketones (excluding diaryl/α,β-unsaturated/α-hetero) is 1. The Balaban J connectivity index is 1.52. The van der Waals surface area contributed by atoms with Crippen molar-refractivity contribution >= 4 is 22.7 Å². The smallest absolute Gasteiger partial charge is 0.205 e. The van der Waals surface area contributed by atoms with Gasteiger partial charge in [-0.05, 0) is 35.2 Å². The van der Waals surface area contributed by atoms with Gasteiger partial charge in [0.15, 0.2) is 11.0 Å². The van der Waals surface area contributed by atoms with Crippen molar-refractivity contribution in [2.75, 3.05) is 6.54 Å². The molecule has 160 valence electrons. The van der Waals surface area contributed by atoms with Crippen molar-refractivity contribution in [3.8, 4) is 22.5 Å². The highest BCUT2D eigenvalue weighted by molar-refractivity contribution is 8.14. The second-order valence-corrected chi connectivity index (χ2v) is 8.56. The summed E-state index contributed by atoms with van der Waals surface area (Å²) in [5.74, 6) is 0.642. The molecule has 1 aliphatic heterocycles. The molecule has 0 saturated carbocycles. The number of aromatic amines is 1. The first-order valence-electron chi connectivity index (χ1n) is 10.3. The summed E-state index contributed by atoms with van der Waals surface area (Å²) in [5, 5.41) is 17.6. The molecule has 0 amide bonds. The van der Waals surface area contributed by atoms with Gasteiger partial charge in [-0.15, -0.1) is 10.2 Å². The summed E-state index contributed by atoms with van der Waals surface area (Å²) < 4.78 is 0. The van der Waals surface area contributed by atoms with Gasteiger partial charge in [0.2, 0.25) is 5.82 Å². The minimum absolute atomic E-state index is 0.0663. The first kappa shape index (κ1) is 21.2. The van der Waals surface area contributed by atoms with Crippen LogP contribution in [-0.2, 0) is 11.3 Å². The Labute approximate surface area is 185 Å². The molecule has 9 heteroatoms. The van der Waals surface area contributed by atoms with Crippen molar-refractivity contribution in [2.24, 2.45) is 4.99 Å². The third-order valence-corrected chi connectivity index (χ3v) is 6.07. The maximum absolute atomic E-state index is 11.4. The number of benzene rings is 2. The van der Waals surface area contributed by atoms with Gasteiger partial charge in [-0.3, -0.25) is 14.8 Å². The number of nitrogens with one attached hydrogen (secondary N) is 2. The molecule has 8 nitrogen and oxygen atoms in total. The van der Waals surface area contributed by atoms with E-state index in [2.05, 4.69) is 73.3 Å². The lowest BCUT2D eigenvalue weighted by molar-refractivity contribution is -0.115. The lowest BCUT2D eigenvalue weighted by atomic mass is 9.98. The quantitative estimate of drug-likeness (QED) is 0.557. The van der Waals surface area contributed by atoms with Crippen LogP contribution in [0.15, 0.2) is 53.5 Å². The third kappa shape index (κ3) is 5.18. The van der Waals surface area contributed by atoms with Gasteiger partial charge in [0, 0.05) is 5.56 Å². The Kier molecular flexibility index (Phi) is 6.73. The number of hydrazine groups is 1. The highest BCUT2D eigenvalue weighted by Crippen LogP contribution is 2.30. The number of amidine groups is 1. The SMILES string of the molecule is CCCC1NN(Cc2ccc(-c3ccccc3-c3nn[nH]n3)cc2)C(=NCC(C)=O)S1. The minimum atomic E-state index is 0.0663. The van der Waals surface area contributed by atoms with E-state index in [0.29, 0.717) is 12.4 Å². The number of aliphatic imine (C=N–C) groups is 1. The summed E-state index contributed by atoms with van der Waals surface area (Å²) in [5.41, 5.74) is 7.74. The topological polar surface area (TPSA) is 99.2 Å². The predicted octanol–water partition coefficient (Wildman–Crippen LogP) is 3.66. The van der Waals surface area contributed by atoms with E-state index in [1.807, 2.05) is 18.2 Å². The van der Waals surface area contributed by atoms with E-state index in [1.54, 1.807) is 18.7 Å². The van der Waals surface area contributed by atoms with Crippen LogP contribution in [0.3, 0.4) is 0 Å². The van der Waals surface area contributed by atoms with Crippen LogP contribution in [0.4, 0.5) is 0 Å². The highest BCUT2D eigenvalue weighted by Gasteiger charge is 2.27. The lowest BCUT2D eigenvalue weighted by Crippen LogP contribution is -2.37. The van der Waals surface area contributed by atoms with E-state index >= 15 is 0 Å². The van der Waals surface area contributed by atoms with Gasteiger partial charge in [0.1, 0.15) is 6.54 Å². The number of rotatable bonds is 8. The van der Waals surface area contributed by atoms with Gasteiger partial charge in [-0.1, -0.05) is 73.6 Å². The van der Waals surface area contributed by atoms with Crippen LogP contribution in [0.5, 0.6) is 0 Å². The molecule has 1 unspecified atom stereocenters. The maximum atomic E-state index is 11.4. The van der Waals surface area contributed by atoms with Crippen LogP contribution in [-0.4, -0.2) is 48.5 Å². The molecule has 3 aromatic rings. The summed E-state index contributed by atoms with van der Waals surface area (Å²) in [6, 6.07) is 16.5. The number of H-pyrrole nitrogens is 1. The second kappa shape index (κ2) is 9.84. The molecule has 1 aliphatic rings. The number of hydrogen-bond acceptors (Lipinski definition) is 7. The molecule has 1 fully saturated rings. The van der Waals surface area contributed by atoms with Crippen molar-refractivity contribution in [3.63, 3.8) is 0 Å². The van der Waals surface area contributed by atoms with E-state index in [1.165, 1.54) is 0 Å². The van der Waals surface area contributed by atoms with Gasteiger partial charge in [-0.2, -0.15) is 5.21 Å². The molecule has 1 aromatic heterocycles. The fourth-order valence-electron chi connectivity index (χ4n) is 3.42. The number of ketones is 1. The molecule has 1 atom stereocenters. The van der Waals surface area contributed by atoms with Crippen molar-refractivity contribution in [1.29, 1.82) is 0 Å². The zero-order chi connectivity index (χ0) is 21.6. The van der Waals surface area contributed by atoms with Gasteiger partial charge >= 0.3 is 0 Å². The fraction of sp³-hybridized carbons (Fsp3) is 0.318. The largest absolute Gasteiger partial charge is 0.298 e. The Morgan fingerprint density at radius 1 is 1.16 bits per heavy atom. The highest BCUT2D eigenvalue weighted by atomic mass is 32.2. The molecule has 1 saturated heterocycles. The average Bonchev–Trinajstić information content (AvgIpc) is 3.43. The molecular formula is C22H25N7OS. The first-order chi connectivity index (χ1) is 15.1. The normalized spacial score (nSPS) is 17.4. The molecule has 2 N–H and O–H groups in total. The van der Waals surface area contributed by atoms with E-state index in [-0.39, 0.29) is 17.7 Å². The number of thioether (sulfide) groups is 1. The van der Waals surface area contributed by atoms with Gasteiger partial charge in [-0.25, -0.2) is 5.43 Å². The summed E-state index contributed by atoms with van der Waals surface area (Å²) in [6.07, 6.45) is 2.14. The predicted molar refractivity (Wildman–Crippen MR) is 123 cm³/mol. The Bertz CT molecular complexity index is 1050. The van der Waals surface area contributed by atoms with Crippen molar-refractivity contribution in [3.05, 3.63) is 54.1 Å². The minimum Gasteiger partial charge on any atom is -0.298 e. The van der Waals surface area contributed by atoms with Crippen LogP contribution in [0.1, 0.15) is 32.3 Å². The molecule has 2 aromatic carbocycles. The standard InChI is InChI=1S/C22H25N7OS/c1-3-6-20-26-29(22(31-20)23-13-15(2)30)14-16-9-11-17(12-10-16)18-7-4-5-8-19(18)21-24-27-28-25-21/h4-5,7-12,20,26H,3,6,13-14H2,1-2H3,(H,24,25,27,28). The van der Waals surface area contributed by atoms with E-state index in [0.717, 1.165) is 40.3 Å². The molecule has 0 aliphatic carbocycles. The van der Waals surface area contributed by atoms with Crippen LogP contribution >= 0.6 is 11.8 Å². The van der Waals surface area contributed by atoms with E-state index in [9.17, 15) is 4.79 Å². The summed E-state index contributed by atoms with van der Waals surface area (Å²) in [6.45, 7) is 4.63. The van der Waals surface area contributed by atoms with Crippen molar-refractivity contribution in [1.82, 2.24) is 31.1 Å². The maximum Gasteiger partial charge on any atom is 0.205 e. The number of aromatic nitrogens is 4. The number of carbonyl (C=O) groups is 1. The van der Waals surface area contributed by atoms with Gasteiger partial charge < -0.3 is 0 Å². The number of tetrazole rings is 1. The molecular weight excluding hydrogens is 410 g/mol. The average molecular weight is 436 g/mol. The zero-order valence-corrected chi connectivity index (χ0v) is 18.4. The molecule has 0 bridgehead atoms. The van der Waals surface area contributed by atoms with Gasteiger partial charge in [0.25, 0.3) is 0 Å². The van der Waals surface area contributed by atoms with Crippen molar-refractivity contribution < 1.29 is 4.79 Å². The Morgan fingerprint density at radius 2 is 1.94 bits per heavy atom. The molecule has 2 heterocycles.